The monoisotopic (exact) mass is 265 g/mol. The highest BCUT2D eigenvalue weighted by Crippen LogP contribution is 2.25. The van der Waals surface area contributed by atoms with Crippen LogP contribution in [-0.4, -0.2) is 31.3 Å². The smallest absolute Gasteiger partial charge is 0.161 e. The van der Waals surface area contributed by atoms with Crippen molar-refractivity contribution in [2.45, 2.75) is 19.4 Å². The van der Waals surface area contributed by atoms with Crippen molar-refractivity contribution in [2.75, 3.05) is 25.1 Å². The molecule has 1 aromatic rings. The van der Waals surface area contributed by atoms with E-state index in [1.165, 1.54) is 0 Å². The lowest BCUT2D eigenvalue weighted by atomic mass is 9.96. The van der Waals surface area contributed by atoms with Gasteiger partial charge < -0.3 is 9.64 Å². The van der Waals surface area contributed by atoms with Gasteiger partial charge in [-0.15, -0.1) is 0 Å². The van der Waals surface area contributed by atoms with E-state index in [4.69, 9.17) is 21.6 Å². The number of methoxy groups -OCH3 is 1. The molecule has 2 atom stereocenters. The third-order valence-electron chi connectivity index (χ3n) is 3.45. The Morgan fingerprint density at radius 1 is 1.56 bits per heavy atom. The summed E-state index contributed by atoms with van der Waals surface area (Å²) < 4.78 is 5.47. The number of piperidine rings is 1. The minimum Gasteiger partial charge on any atom is -0.379 e. The summed E-state index contributed by atoms with van der Waals surface area (Å²) in [5, 5.41) is 9.34. The second-order valence-corrected chi connectivity index (χ2v) is 5.01. The predicted molar refractivity (Wildman–Crippen MR) is 70.8 cm³/mol. The number of nitrogens with zero attached hydrogens (tertiary/aromatic N) is 3. The van der Waals surface area contributed by atoms with Crippen LogP contribution in [0.25, 0.3) is 0 Å². The Labute approximate surface area is 112 Å². The van der Waals surface area contributed by atoms with Crippen LogP contribution in [0.1, 0.15) is 19.0 Å². The van der Waals surface area contributed by atoms with E-state index < -0.39 is 0 Å². The maximum absolute atomic E-state index is 8.94. The molecule has 2 rings (SSSR count). The Hall–Kier alpha value is -1.31. The van der Waals surface area contributed by atoms with E-state index in [1.54, 1.807) is 13.2 Å². The molecular weight excluding hydrogens is 250 g/mol. The number of rotatable bonds is 2. The normalized spacial score (nSPS) is 23.8. The molecule has 0 spiro atoms. The van der Waals surface area contributed by atoms with Crippen molar-refractivity contribution in [1.82, 2.24) is 4.98 Å². The summed E-state index contributed by atoms with van der Waals surface area (Å²) in [6, 6.07) is 5.59. The average Bonchev–Trinajstić information content (AvgIpc) is 2.40. The van der Waals surface area contributed by atoms with E-state index >= 15 is 0 Å². The lowest BCUT2D eigenvalue weighted by Crippen LogP contribution is -2.44. The second kappa shape index (κ2) is 5.55. The molecule has 1 fully saturated rings. The number of nitriles is 1. The summed E-state index contributed by atoms with van der Waals surface area (Å²) >= 11 is 5.89. The maximum atomic E-state index is 8.94. The van der Waals surface area contributed by atoms with Crippen LogP contribution in [0.3, 0.4) is 0 Å². The van der Waals surface area contributed by atoms with E-state index in [2.05, 4.69) is 16.8 Å². The fraction of sp³-hybridized carbons (Fsp3) is 0.538. The van der Waals surface area contributed by atoms with Gasteiger partial charge in [-0.25, -0.2) is 4.98 Å². The van der Waals surface area contributed by atoms with Crippen LogP contribution in [0.5, 0.6) is 0 Å². The fourth-order valence-corrected chi connectivity index (χ4v) is 2.38. The molecule has 2 heterocycles. The van der Waals surface area contributed by atoms with Gasteiger partial charge in [-0.3, -0.25) is 0 Å². The van der Waals surface area contributed by atoms with Crippen molar-refractivity contribution in [3.05, 3.63) is 22.8 Å². The topological polar surface area (TPSA) is 49.1 Å². The molecule has 0 N–H and O–H groups in total. The Morgan fingerprint density at radius 2 is 2.33 bits per heavy atom. The van der Waals surface area contributed by atoms with Crippen molar-refractivity contribution in [1.29, 1.82) is 5.26 Å². The van der Waals surface area contributed by atoms with Crippen LogP contribution in [0, 0.1) is 17.2 Å². The summed E-state index contributed by atoms with van der Waals surface area (Å²) in [6.07, 6.45) is 1.27. The fourth-order valence-electron chi connectivity index (χ4n) is 2.24. The van der Waals surface area contributed by atoms with Gasteiger partial charge in [0.05, 0.1) is 11.1 Å². The Balaban J connectivity index is 2.20. The Kier molecular flexibility index (Phi) is 4.05. The lowest BCUT2D eigenvalue weighted by Gasteiger charge is -2.36. The highest BCUT2D eigenvalue weighted by atomic mass is 35.5. The molecule has 4 nitrogen and oxygen atoms in total. The van der Waals surface area contributed by atoms with Crippen molar-refractivity contribution >= 4 is 17.4 Å². The van der Waals surface area contributed by atoms with Crippen LogP contribution in [0.4, 0.5) is 5.82 Å². The highest BCUT2D eigenvalue weighted by molar-refractivity contribution is 6.31. The van der Waals surface area contributed by atoms with Gasteiger partial charge in [0, 0.05) is 20.2 Å². The van der Waals surface area contributed by atoms with Gasteiger partial charge in [0.25, 0.3) is 0 Å². The van der Waals surface area contributed by atoms with E-state index in [1.807, 2.05) is 12.1 Å². The SMILES string of the molecule is COC1CN(c2ccc(Cl)c(C#N)n2)CCC1C. The van der Waals surface area contributed by atoms with Gasteiger partial charge in [-0.05, 0) is 24.5 Å². The standard InChI is InChI=1S/C13H16ClN3O/c1-9-5-6-17(8-12(9)18-2)13-4-3-10(14)11(7-15)16-13/h3-4,9,12H,5-6,8H2,1-2H3. The van der Waals surface area contributed by atoms with Crippen LogP contribution in [0.15, 0.2) is 12.1 Å². The third-order valence-corrected chi connectivity index (χ3v) is 3.76. The number of hydrogen-bond donors (Lipinski definition) is 0. The summed E-state index contributed by atoms with van der Waals surface area (Å²) in [7, 11) is 1.74. The number of ether oxygens (including phenoxy) is 1. The quantitative estimate of drug-likeness (QED) is 0.824. The van der Waals surface area contributed by atoms with Crippen LogP contribution >= 0.6 is 11.6 Å². The van der Waals surface area contributed by atoms with Crippen molar-refractivity contribution in [3.63, 3.8) is 0 Å². The number of aromatic nitrogens is 1. The molecule has 1 aliphatic heterocycles. The van der Waals surface area contributed by atoms with E-state index in [0.717, 1.165) is 25.3 Å². The molecule has 0 saturated carbocycles. The molecule has 0 aliphatic carbocycles. The molecule has 18 heavy (non-hydrogen) atoms. The van der Waals surface area contributed by atoms with E-state index in [0.29, 0.717) is 10.9 Å². The highest BCUT2D eigenvalue weighted by Gasteiger charge is 2.26. The number of anilines is 1. The summed E-state index contributed by atoms with van der Waals surface area (Å²) in [5.41, 5.74) is 0.279. The molecule has 96 valence electrons. The minimum absolute atomic E-state index is 0.210. The van der Waals surface area contributed by atoms with Gasteiger partial charge in [-0.1, -0.05) is 18.5 Å². The molecule has 1 saturated heterocycles. The molecule has 0 aromatic carbocycles. The molecule has 0 bridgehead atoms. The van der Waals surface area contributed by atoms with E-state index in [9.17, 15) is 0 Å². The van der Waals surface area contributed by atoms with Crippen LogP contribution < -0.4 is 4.90 Å². The zero-order valence-electron chi connectivity index (χ0n) is 10.6. The zero-order valence-corrected chi connectivity index (χ0v) is 11.3. The summed E-state index contributed by atoms with van der Waals surface area (Å²) in [6.45, 7) is 3.93. The van der Waals surface area contributed by atoms with Crippen LogP contribution in [0.2, 0.25) is 5.02 Å². The predicted octanol–water partition coefficient (Wildman–Crippen LogP) is 2.47. The lowest BCUT2D eigenvalue weighted by molar-refractivity contribution is 0.0496. The van der Waals surface area contributed by atoms with Gasteiger partial charge in [0.1, 0.15) is 11.9 Å². The van der Waals surface area contributed by atoms with Gasteiger partial charge in [0.15, 0.2) is 5.69 Å². The first-order valence-corrected chi connectivity index (χ1v) is 6.38. The number of halogens is 1. The van der Waals surface area contributed by atoms with Crippen molar-refractivity contribution in [2.24, 2.45) is 5.92 Å². The molecule has 2 unspecified atom stereocenters. The largest absolute Gasteiger partial charge is 0.379 e. The van der Waals surface area contributed by atoms with Gasteiger partial charge in [0.2, 0.25) is 0 Å². The molecule has 0 radical (unpaired) electrons. The third kappa shape index (κ3) is 2.58. The van der Waals surface area contributed by atoms with Crippen molar-refractivity contribution < 1.29 is 4.74 Å². The molecule has 1 aliphatic rings. The molecule has 0 amide bonds. The molecular formula is C13H16ClN3O. The average molecular weight is 266 g/mol. The first-order valence-electron chi connectivity index (χ1n) is 6.00. The molecule has 5 heteroatoms. The maximum Gasteiger partial charge on any atom is 0.161 e. The minimum atomic E-state index is 0.210. The number of pyridine rings is 1. The molecule has 1 aromatic heterocycles. The van der Waals surface area contributed by atoms with Gasteiger partial charge >= 0.3 is 0 Å². The summed E-state index contributed by atoms with van der Waals surface area (Å²) in [4.78, 5) is 6.43. The van der Waals surface area contributed by atoms with E-state index in [-0.39, 0.29) is 11.8 Å². The van der Waals surface area contributed by atoms with Crippen molar-refractivity contribution in [3.8, 4) is 6.07 Å². The number of hydrogen-bond acceptors (Lipinski definition) is 4. The Bertz CT molecular complexity index is 472. The Morgan fingerprint density at radius 3 is 3.00 bits per heavy atom. The van der Waals surface area contributed by atoms with Gasteiger partial charge in [-0.2, -0.15) is 5.26 Å². The second-order valence-electron chi connectivity index (χ2n) is 4.60. The zero-order chi connectivity index (χ0) is 13.1. The van der Waals surface area contributed by atoms with Crippen LogP contribution in [-0.2, 0) is 4.74 Å². The first-order chi connectivity index (χ1) is 8.65. The summed E-state index contributed by atoms with van der Waals surface area (Å²) in [5.74, 6) is 1.35. The first kappa shape index (κ1) is 13.1.